The Morgan fingerprint density at radius 2 is 1.96 bits per heavy atom. The highest BCUT2D eigenvalue weighted by molar-refractivity contribution is 5.86. The van der Waals surface area contributed by atoms with Crippen LogP contribution in [0.1, 0.15) is 18.1 Å². The van der Waals surface area contributed by atoms with Gasteiger partial charge in [-0.25, -0.2) is 5.43 Å². The molecular weight excluding hydrogens is 296 g/mol. The fourth-order valence-corrected chi connectivity index (χ4v) is 1.83. The van der Waals surface area contributed by atoms with Crippen LogP contribution in [0.5, 0.6) is 17.2 Å². The summed E-state index contributed by atoms with van der Waals surface area (Å²) in [5.74, 6) is -0.371. The van der Waals surface area contributed by atoms with E-state index in [2.05, 4.69) is 17.5 Å². The van der Waals surface area contributed by atoms with Crippen molar-refractivity contribution in [2.45, 2.75) is 13.3 Å². The topological polar surface area (TPSA) is 91.2 Å². The van der Waals surface area contributed by atoms with Crippen molar-refractivity contribution in [2.75, 3.05) is 6.61 Å². The van der Waals surface area contributed by atoms with Crippen LogP contribution in [-0.2, 0) is 11.2 Å². The van der Waals surface area contributed by atoms with Crippen LogP contribution in [0.3, 0.4) is 0 Å². The first-order chi connectivity index (χ1) is 11.1. The van der Waals surface area contributed by atoms with Gasteiger partial charge in [0, 0.05) is 5.56 Å². The van der Waals surface area contributed by atoms with Crippen LogP contribution in [0, 0.1) is 0 Å². The van der Waals surface area contributed by atoms with E-state index in [0.29, 0.717) is 11.3 Å². The molecule has 120 valence electrons. The summed E-state index contributed by atoms with van der Waals surface area (Å²) in [6, 6.07) is 12.0. The van der Waals surface area contributed by atoms with Gasteiger partial charge in [-0.05, 0) is 36.2 Å². The van der Waals surface area contributed by atoms with Gasteiger partial charge in [0.25, 0.3) is 5.91 Å². The Bertz CT molecular complexity index is 696. The Balaban J connectivity index is 1.82. The molecule has 0 aromatic heterocycles. The lowest BCUT2D eigenvalue weighted by Crippen LogP contribution is -2.24. The first-order valence-corrected chi connectivity index (χ1v) is 7.14. The number of phenolic OH excluding ortho intramolecular Hbond substituents is 2. The zero-order valence-electron chi connectivity index (χ0n) is 12.7. The number of nitrogens with one attached hydrogen (secondary N) is 1. The lowest BCUT2D eigenvalue weighted by Gasteiger charge is -2.05. The van der Waals surface area contributed by atoms with Crippen molar-refractivity contribution >= 4 is 12.1 Å². The van der Waals surface area contributed by atoms with Crippen LogP contribution in [-0.4, -0.2) is 28.9 Å². The van der Waals surface area contributed by atoms with Crippen LogP contribution >= 0.6 is 0 Å². The number of phenols is 2. The molecule has 0 bridgehead atoms. The molecule has 0 aliphatic carbocycles. The number of benzene rings is 2. The second-order valence-electron chi connectivity index (χ2n) is 4.79. The van der Waals surface area contributed by atoms with Crippen LogP contribution in [0.25, 0.3) is 0 Å². The molecule has 1 amide bonds. The number of ether oxygens (including phenoxy) is 1. The van der Waals surface area contributed by atoms with Crippen molar-refractivity contribution in [2.24, 2.45) is 5.10 Å². The largest absolute Gasteiger partial charge is 0.504 e. The van der Waals surface area contributed by atoms with E-state index in [1.165, 1.54) is 17.8 Å². The maximum atomic E-state index is 11.6. The number of para-hydroxylation sites is 1. The van der Waals surface area contributed by atoms with E-state index in [1.54, 1.807) is 24.3 Å². The number of hydrazone groups is 1. The van der Waals surface area contributed by atoms with Gasteiger partial charge in [0.2, 0.25) is 0 Å². The molecule has 6 nitrogen and oxygen atoms in total. The molecule has 0 spiro atoms. The second-order valence-corrected chi connectivity index (χ2v) is 4.79. The van der Waals surface area contributed by atoms with E-state index >= 15 is 0 Å². The minimum atomic E-state index is -0.430. The van der Waals surface area contributed by atoms with Crippen LogP contribution < -0.4 is 10.2 Å². The van der Waals surface area contributed by atoms with Gasteiger partial charge in [-0.15, -0.1) is 0 Å². The molecule has 0 fully saturated rings. The van der Waals surface area contributed by atoms with Crippen LogP contribution in [0.2, 0.25) is 0 Å². The minimum absolute atomic E-state index is 0.172. The number of aromatic hydroxyl groups is 2. The molecule has 0 saturated carbocycles. The summed E-state index contributed by atoms with van der Waals surface area (Å²) in [5.41, 5.74) is 3.77. The molecule has 0 radical (unpaired) electrons. The van der Waals surface area contributed by atoms with Gasteiger partial charge in [0.15, 0.2) is 18.1 Å². The lowest BCUT2D eigenvalue weighted by atomic mass is 10.2. The molecule has 0 unspecified atom stereocenters. The fourth-order valence-electron chi connectivity index (χ4n) is 1.83. The van der Waals surface area contributed by atoms with Gasteiger partial charge in [-0.2, -0.15) is 5.10 Å². The SMILES string of the molecule is CCc1ccc(OCC(=O)N/N=C/c2cccc(O)c2O)cc1. The number of rotatable bonds is 6. The summed E-state index contributed by atoms with van der Waals surface area (Å²) >= 11 is 0. The molecule has 6 heteroatoms. The molecule has 0 heterocycles. The predicted molar refractivity (Wildman–Crippen MR) is 86.8 cm³/mol. The normalized spacial score (nSPS) is 10.7. The third kappa shape index (κ3) is 4.74. The molecule has 0 atom stereocenters. The average Bonchev–Trinajstić information content (AvgIpc) is 2.57. The predicted octanol–water partition coefficient (Wildman–Crippen LogP) is 2.19. The number of aryl methyl sites for hydroxylation is 1. The smallest absolute Gasteiger partial charge is 0.277 e. The highest BCUT2D eigenvalue weighted by Crippen LogP contribution is 2.26. The quantitative estimate of drug-likeness (QED) is 0.433. The highest BCUT2D eigenvalue weighted by atomic mass is 16.5. The molecule has 0 aliphatic heterocycles. The number of nitrogens with zero attached hydrogens (tertiary/aromatic N) is 1. The Morgan fingerprint density at radius 3 is 2.65 bits per heavy atom. The number of amides is 1. The van der Waals surface area contributed by atoms with Gasteiger partial charge in [-0.3, -0.25) is 4.79 Å². The Kier molecular flexibility index (Phi) is 5.57. The van der Waals surface area contributed by atoms with Crippen LogP contribution in [0.4, 0.5) is 0 Å². The zero-order valence-corrected chi connectivity index (χ0v) is 12.7. The van der Waals surface area contributed by atoms with Gasteiger partial charge in [-0.1, -0.05) is 25.1 Å². The van der Waals surface area contributed by atoms with Crippen molar-refractivity contribution in [3.05, 3.63) is 53.6 Å². The van der Waals surface area contributed by atoms with E-state index in [9.17, 15) is 15.0 Å². The molecule has 2 aromatic rings. The number of hydrogen-bond acceptors (Lipinski definition) is 5. The van der Waals surface area contributed by atoms with Gasteiger partial charge < -0.3 is 14.9 Å². The highest BCUT2D eigenvalue weighted by Gasteiger charge is 2.04. The first kappa shape index (κ1) is 16.4. The number of carbonyl (C=O) groups excluding carboxylic acids is 1. The number of hydrogen-bond donors (Lipinski definition) is 3. The summed E-state index contributed by atoms with van der Waals surface area (Å²) in [6.07, 6.45) is 2.18. The maximum absolute atomic E-state index is 11.6. The van der Waals surface area contributed by atoms with E-state index < -0.39 is 5.91 Å². The third-order valence-electron chi connectivity index (χ3n) is 3.14. The minimum Gasteiger partial charge on any atom is -0.504 e. The second kappa shape index (κ2) is 7.84. The molecular formula is C17H18N2O4. The third-order valence-corrected chi connectivity index (χ3v) is 3.14. The Labute approximate surface area is 134 Å². The van der Waals surface area contributed by atoms with E-state index in [0.717, 1.165) is 6.42 Å². The summed E-state index contributed by atoms with van der Waals surface area (Å²) in [4.78, 5) is 11.6. The van der Waals surface area contributed by atoms with Crippen LogP contribution in [0.15, 0.2) is 47.6 Å². The fraction of sp³-hybridized carbons (Fsp3) is 0.176. The summed E-state index contributed by atoms with van der Waals surface area (Å²) in [7, 11) is 0. The van der Waals surface area contributed by atoms with Crippen molar-refractivity contribution in [3.63, 3.8) is 0 Å². The van der Waals surface area contributed by atoms with E-state index in [4.69, 9.17) is 4.74 Å². The zero-order chi connectivity index (χ0) is 16.7. The van der Waals surface area contributed by atoms with Crippen molar-refractivity contribution in [1.82, 2.24) is 5.43 Å². The summed E-state index contributed by atoms with van der Waals surface area (Å²) in [6.45, 7) is 1.89. The lowest BCUT2D eigenvalue weighted by molar-refractivity contribution is -0.123. The molecule has 0 aliphatic rings. The molecule has 0 saturated heterocycles. The van der Waals surface area contributed by atoms with Gasteiger partial charge in [0.05, 0.1) is 6.21 Å². The Morgan fingerprint density at radius 1 is 1.22 bits per heavy atom. The average molecular weight is 314 g/mol. The van der Waals surface area contributed by atoms with E-state index in [-0.39, 0.29) is 18.1 Å². The van der Waals surface area contributed by atoms with Crippen molar-refractivity contribution in [1.29, 1.82) is 0 Å². The number of carbonyl (C=O) groups is 1. The monoisotopic (exact) mass is 314 g/mol. The summed E-state index contributed by atoms with van der Waals surface area (Å²) in [5, 5.41) is 22.6. The first-order valence-electron chi connectivity index (χ1n) is 7.14. The van der Waals surface area contributed by atoms with Gasteiger partial charge in [0.1, 0.15) is 5.75 Å². The van der Waals surface area contributed by atoms with Crippen molar-refractivity contribution in [3.8, 4) is 17.2 Å². The molecule has 2 aromatic carbocycles. The standard InChI is InChI=1S/C17H18N2O4/c1-2-12-6-8-14(9-7-12)23-11-16(21)19-18-10-13-4-3-5-15(20)17(13)22/h3-10,20,22H,2,11H2,1H3,(H,19,21)/b18-10+. The van der Waals surface area contributed by atoms with Crippen molar-refractivity contribution < 1.29 is 19.7 Å². The molecule has 3 N–H and O–H groups in total. The Hall–Kier alpha value is -3.02. The maximum Gasteiger partial charge on any atom is 0.277 e. The van der Waals surface area contributed by atoms with E-state index in [1.807, 2.05) is 12.1 Å². The van der Waals surface area contributed by atoms with Gasteiger partial charge >= 0.3 is 0 Å². The molecule has 2 rings (SSSR count). The molecule has 23 heavy (non-hydrogen) atoms. The summed E-state index contributed by atoms with van der Waals surface area (Å²) < 4.78 is 5.34.